The fourth-order valence-corrected chi connectivity index (χ4v) is 1.23. The molecule has 110 valence electrons. The molecule has 0 radical (unpaired) electrons. The molecule has 1 N–H and O–H groups in total. The molecule has 0 heterocycles. The van der Waals surface area contributed by atoms with Gasteiger partial charge in [0.05, 0.1) is 11.0 Å². The van der Waals surface area contributed by atoms with Crippen LogP contribution in [0, 0.1) is 21.8 Å². The molecule has 0 aliphatic heterocycles. The first-order chi connectivity index (χ1) is 9.12. The second-order valence-electron chi connectivity index (χ2n) is 3.61. The Morgan fingerprint density at radius 3 is 2.50 bits per heavy atom. The van der Waals surface area contributed by atoms with E-state index in [2.05, 4.69) is 4.74 Å². The van der Waals surface area contributed by atoms with Crippen LogP contribution in [0.25, 0.3) is 0 Å². The number of benzene rings is 1. The standard InChI is InChI=1S/C10H7F4NO5/c11-5-1-2-8(7(3-5)15(18)19)20-4-6(9(16)17)10(12,13)14/h1-3,6H,4H2,(H,16,17). The SMILES string of the molecule is O=C(O)C(COc1ccc(F)cc1[N+](=O)[O-])C(F)(F)F. The van der Waals surface area contributed by atoms with Crippen molar-refractivity contribution in [2.75, 3.05) is 6.61 Å². The quantitative estimate of drug-likeness (QED) is 0.512. The lowest BCUT2D eigenvalue weighted by molar-refractivity contribution is -0.386. The topological polar surface area (TPSA) is 89.7 Å². The van der Waals surface area contributed by atoms with Crippen molar-refractivity contribution in [3.05, 3.63) is 34.1 Å². The fraction of sp³-hybridized carbons (Fsp3) is 0.300. The molecule has 0 aliphatic carbocycles. The number of nitrogens with zero attached hydrogens (tertiary/aromatic N) is 1. The highest BCUT2D eigenvalue weighted by Gasteiger charge is 2.46. The molecule has 0 bridgehead atoms. The molecule has 0 spiro atoms. The molecule has 1 rings (SSSR count). The Morgan fingerprint density at radius 2 is 2.05 bits per heavy atom. The second kappa shape index (κ2) is 5.72. The van der Waals surface area contributed by atoms with E-state index >= 15 is 0 Å². The molecule has 1 unspecified atom stereocenters. The minimum Gasteiger partial charge on any atom is -0.486 e. The fourth-order valence-electron chi connectivity index (χ4n) is 1.23. The maximum Gasteiger partial charge on any atom is 0.405 e. The summed E-state index contributed by atoms with van der Waals surface area (Å²) in [5, 5.41) is 19.0. The van der Waals surface area contributed by atoms with Gasteiger partial charge in [-0.2, -0.15) is 13.2 Å². The van der Waals surface area contributed by atoms with E-state index < -0.39 is 46.8 Å². The van der Waals surface area contributed by atoms with Crippen LogP contribution in [0.4, 0.5) is 23.2 Å². The van der Waals surface area contributed by atoms with E-state index in [-0.39, 0.29) is 0 Å². The van der Waals surface area contributed by atoms with E-state index in [1.54, 1.807) is 0 Å². The predicted molar refractivity (Wildman–Crippen MR) is 55.7 cm³/mol. The lowest BCUT2D eigenvalue weighted by Gasteiger charge is -2.16. The zero-order valence-electron chi connectivity index (χ0n) is 9.56. The first-order valence-electron chi connectivity index (χ1n) is 4.99. The van der Waals surface area contributed by atoms with Crippen LogP contribution in [0.5, 0.6) is 5.75 Å². The number of rotatable bonds is 5. The van der Waals surface area contributed by atoms with Gasteiger partial charge in [-0.3, -0.25) is 14.9 Å². The Kier molecular flexibility index (Phi) is 4.48. The summed E-state index contributed by atoms with van der Waals surface area (Å²) in [5.41, 5.74) is -0.892. The van der Waals surface area contributed by atoms with Gasteiger partial charge in [-0.05, 0) is 12.1 Å². The number of halogens is 4. The van der Waals surface area contributed by atoms with Gasteiger partial charge in [-0.1, -0.05) is 0 Å². The van der Waals surface area contributed by atoms with E-state index in [0.717, 1.165) is 12.1 Å². The minimum atomic E-state index is -5.07. The van der Waals surface area contributed by atoms with Crippen molar-refractivity contribution in [1.82, 2.24) is 0 Å². The van der Waals surface area contributed by atoms with Gasteiger partial charge in [0.15, 0.2) is 11.7 Å². The third kappa shape index (κ3) is 3.80. The van der Waals surface area contributed by atoms with Crippen LogP contribution in [-0.2, 0) is 4.79 Å². The number of carboxylic acid groups (broad SMARTS) is 1. The number of carbonyl (C=O) groups is 1. The van der Waals surface area contributed by atoms with Crippen LogP contribution in [0.15, 0.2) is 18.2 Å². The van der Waals surface area contributed by atoms with E-state index in [4.69, 9.17) is 5.11 Å². The van der Waals surface area contributed by atoms with Gasteiger partial charge in [0, 0.05) is 0 Å². The molecule has 0 aromatic heterocycles. The first kappa shape index (κ1) is 15.7. The van der Waals surface area contributed by atoms with Crippen molar-refractivity contribution in [3.8, 4) is 5.75 Å². The Hall–Kier alpha value is -2.39. The number of nitro benzene ring substituents is 1. The molecule has 0 amide bonds. The Labute approximate surface area is 108 Å². The highest BCUT2D eigenvalue weighted by Crippen LogP contribution is 2.31. The largest absolute Gasteiger partial charge is 0.486 e. The van der Waals surface area contributed by atoms with Crippen LogP contribution in [-0.4, -0.2) is 28.8 Å². The van der Waals surface area contributed by atoms with Gasteiger partial charge in [-0.25, -0.2) is 4.39 Å². The maximum atomic E-state index is 12.8. The number of hydrogen-bond donors (Lipinski definition) is 1. The third-order valence-electron chi connectivity index (χ3n) is 2.22. The molecule has 0 aliphatic rings. The van der Waals surface area contributed by atoms with Crippen molar-refractivity contribution in [1.29, 1.82) is 0 Å². The van der Waals surface area contributed by atoms with Gasteiger partial charge in [0.2, 0.25) is 0 Å². The number of hydrogen-bond acceptors (Lipinski definition) is 4. The summed E-state index contributed by atoms with van der Waals surface area (Å²) in [6, 6.07) is 1.95. The summed E-state index contributed by atoms with van der Waals surface area (Å²) in [7, 11) is 0. The molecule has 10 heteroatoms. The van der Waals surface area contributed by atoms with Crippen molar-refractivity contribution in [2.24, 2.45) is 5.92 Å². The Morgan fingerprint density at radius 1 is 1.45 bits per heavy atom. The number of carboxylic acids is 1. The third-order valence-corrected chi connectivity index (χ3v) is 2.22. The van der Waals surface area contributed by atoms with Gasteiger partial charge >= 0.3 is 17.8 Å². The lowest BCUT2D eigenvalue weighted by Crippen LogP contribution is -2.35. The van der Waals surface area contributed by atoms with Crippen molar-refractivity contribution < 1.29 is 37.1 Å². The predicted octanol–water partition coefficient (Wildman–Crippen LogP) is 2.38. The average Bonchev–Trinajstić information content (AvgIpc) is 2.28. The molecule has 0 saturated heterocycles. The van der Waals surface area contributed by atoms with Gasteiger partial charge < -0.3 is 9.84 Å². The average molecular weight is 297 g/mol. The zero-order valence-corrected chi connectivity index (χ0v) is 9.56. The highest BCUT2D eigenvalue weighted by atomic mass is 19.4. The highest BCUT2D eigenvalue weighted by molar-refractivity contribution is 5.71. The summed E-state index contributed by atoms with van der Waals surface area (Å²) in [6.07, 6.45) is -5.07. The minimum absolute atomic E-state index is 0.457. The summed E-state index contributed by atoms with van der Waals surface area (Å²) >= 11 is 0. The molecule has 1 aromatic rings. The molecule has 0 saturated carbocycles. The monoisotopic (exact) mass is 297 g/mol. The lowest BCUT2D eigenvalue weighted by atomic mass is 10.1. The number of aliphatic carboxylic acids is 1. The number of alkyl halides is 3. The van der Waals surface area contributed by atoms with Crippen LogP contribution in [0.3, 0.4) is 0 Å². The van der Waals surface area contributed by atoms with Crippen molar-refractivity contribution >= 4 is 11.7 Å². The number of nitro groups is 1. The van der Waals surface area contributed by atoms with Gasteiger partial charge in [0.25, 0.3) is 0 Å². The molecule has 6 nitrogen and oxygen atoms in total. The Balaban J connectivity index is 2.94. The molecular formula is C10H7F4NO5. The van der Waals surface area contributed by atoms with Gasteiger partial charge in [0.1, 0.15) is 12.4 Å². The number of ether oxygens (including phenoxy) is 1. The maximum absolute atomic E-state index is 12.8. The van der Waals surface area contributed by atoms with Crippen molar-refractivity contribution in [3.63, 3.8) is 0 Å². The molecule has 0 fully saturated rings. The van der Waals surface area contributed by atoms with E-state index in [0.29, 0.717) is 6.07 Å². The molecule has 1 atom stereocenters. The molecule has 20 heavy (non-hydrogen) atoms. The van der Waals surface area contributed by atoms with Crippen LogP contribution >= 0.6 is 0 Å². The zero-order chi connectivity index (χ0) is 15.5. The van der Waals surface area contributed by atoms with E-state index in [1.165, 1.54) is 0 Å². The van der Waals surface area contributed by atoms with Crippen molar-refractivity contribution in [2.45, 2.75) is 6.18 Å². The Bertz CT molecular complexity index is 531. The first-order valence-corrected chi connectivity index (χ1v) is 4.99. The summed E-state index contributed by atoms with van der Waals surface area (Å²) in [6.45, 7) is -1.36. The van der Waals surface area contributed by atoms with E-state index in [1.807, 2.05) is 0 Å². The molecule has 1 aromatic carbocycles. The molecular weight excluding hydrogens is 290 g/mol. The van der Waals surface area contributed by atoms with E-state index in [9.17, 15) is 32.5 Å². The summed E-state index contributed by atoms with van der Waals surface area (Å²) in [4.78, 5) is 20.0. The van der Waals surface area contributed by atoms with Crippen LogP contribution in [0.2, 0.25) is 0 Å². The smallest absolute Gasteiger partial charge is 0.405 e. The summed E-state index contributed by atoms with van der Waals surface area (Å²) < 4.78 is 54.3. The van der Waals surface area contributed by atoms with Crippen LogP contribution in [0.1, 0.15) is 0 Å². The summed E-state index contributed by atoms with van der Waals surface area (Å²) in [5.74, 6) is -6.64. The van der Waals surface area contributed by atoms with Gasteiger partial charge in [-0.15, -0.1) is 0 Å². The normalized spacial score (nSPS) is 12.8. The van der Waals surface area contributed by atoms with Crippen LogP contribution < -0.4 is 4.74 Å². The second-order valence-corrected chi connectivity index (χ2v) is 3.61.